The van der Waals surface area contributed by atoms with Gasteiger partial charge in [0.2, 0.25) is 0 Å². The molecule has 2 aromatic heterocycles. The fraction of sp³-hybridized carbons (Fsp3) is 0.375. The summed E-state index contributed by atoms with van der Waals surface area (Å²) in [6, 6.07) is 9.62. The Morgan fingerprint density at radius 3 is 2.70 bits per heavy atom. The van der Waals surface area contributed by atoms with Gasteiger partial charge in [0.25, 0.3) is 11.8 Å². The number of benzene rings is 1. The summed E-state index contributed by atoms with van der Waals surface area (Å²) >= 11 is 13.8. The van der Waals surface area contributed by atoms with Gasteiger partial charge in [-0.2, -0.15) is 0 Å². The van der Waals surface area contributed by atoms with Crippen molar-refractivity contribution in [2.45, 2.75) is 56.9 Å². The second-order valence-corrected chi connectivity index (χ2v) is 12.4. The molecule has 0 radical (unpaired) electrons. The summed E-state index contributed by atoms with van der Waals surface area (Å²) in [7, 11) is 1.83. The zero-order chi connectivity index (χ0) is 30.3. The molecule has 3 aromatic rings. The summed E-state index contributed by atoms with van der Waals surface area (Å²) in [6.07, 6.45) is 8.69. The molecule has 3 aliphatic rings. The van der Waals surface area contributed by atoms with Crippen molar-refractivity contribution in [2.75, 3.05) is 13.1 Å². The number of imidazole rings is 1. The van der Waals surface area contributed by atoms with Crippen molar-refractivity contribution in [2.24, 2.45) is 7.05 Å². The van der Waals surface area contributed by atoms with Crippen LogP contribution in [0.5, 0.6) is 0 Å². The Labute approximate surface area is 261 Å². The van der Waals surface area contributed by atoms with Crippen LogP contribution in [-0.2, 0) is 33.0 Å². The van der Waals surface area contributed by atoms with E-state index in [9.17, 15) is 9.59 Å². The monoisotopic (exact) mass is 619 g/mol. The second-order valence-electron chi connectivity index (χ2n) is 11.6. The first-order chi connectivity index (χ1) is 20.7. The molecule has 0 bridgehead atoms. The third-order valence-corrected chi connectivity index (χ3v) is 9.46. The van der Waals surface area contributed by atoms with Crippen LogP contribution in [0.1, 0.15) is 63.0 Å². The third kappa shape index (κ3) is 5.62. The number of hydrogen-bond acceptors (Lipinski definition) is 6. The Bertz CT molecular complexity index is 1650. The van der Waals surface area contributed by atoms with Crippen LogP contribution in [0, 0.1) is 0 Å². The lowest BCUT2D eigenvalue weighted by Crippen LogP contribution is -2.65. The van der Waals surface area contributed by atoms with E-state index in [1.54, 1.807) is 24.4 Å². The van der Waals surface area contributed by atoms with Crippen molar-refractivity contribution in [1.82, 2.24) is 35.4 Å². The summed E-state index contributed by atoms with van der Waals surface area (Å²) in [4.78, 5) is 39.3. The van der Waals surface area contributed by atoms with Crippen LogP contribution in [0.4, 0.5) is 0 Å². The number of nitrogens with one attached hydrogen (secondary N) is 3. The average molecular weight is 621 g/mol. The van der Waals surface area contributed by atoms with Crippen molar-refractivity contribution < 1.29 is 9.59 Å². The molecular formula is C32H35Cl2N7O2. The summed E-state index contributed by atoms with van der Waals surface area (Å²) in [5, 5.41) is 8.98. The molecule has 2 amide bonds. The van der Waals surface area contributed by atoms with E-state index in [1.807, 2.05) is 42.0 Å². The number of aromatic nitrogens is 3. The largest absolute Gasteiger partial charge is 0.327 e. The zero-order valence-corrected chi connectivity index (χ0v) is 26.0. The van der Waals surface area contributed by atoms with Gasteiger partial charge < -0.3 is 20.5 Å². The summed E-state index contributed by atoms with van der Waals surface area (Å²) in [6.45, 7) is 7.47. The number of nitrogens with zero attached hydrogens (tertiary/aromatic N) is 4. The Morgan fingerprint density at radius 2 is 1.93 bits per heavy atom. The van der Waals surface area contributed by atoms with Gasteiger partial charge in [0.05, 0.1) is 5.69 Å². The van der Waals surface area contributed by atoms with Gasteiger partial charge in [-0.1, -0.05) is 42.0 Å². The van der Waals surface area contributed by atoms with E-state index < -0.39 is 22.9 Å². The molecule has 6 rings (SSSR count). The minimum Gasteiger partial charge on any atom is -0.327 e. The van der Waals surface area contributed by atoms with Crippen LogP contribution in [0.3, 0.4) is 0 Å². The lowest BCUT2D eigenvalue weighted by Gasteiger charge is -2.39. The minimum absolute atomic E-state index is 0.245. The number of halogens is 2. The number of pyridine rings is 1. The Balaban J connectivity index is 1.34. The molecule has 43 heavy (non-hydrogen) atoms. The smallest absolute Gasteiger partial charge is 0.289 e. The molecule has 2 atom stereocenters. The number of carbonyl (C=O) groups is 2. The molecule has 1 aromatic carbocycles. The highest BCUT2D eigenvalue weighted by atomic mass is 35.5. The van der Waals surface area contributed by atoms with Crippen LogP contribution < -0.4 is 16.0 Å². The van der Waals surface area contributed by atoms with Gasteiger partial charge >= 0.3 is 0 Å². The number of hydrogen-bond donors (Lipinski definition) is 3. The molecule has 2 unspecified atom stereocenters. The molecule has 3 N–H and O–H groups in total. The Morgan fingerprint density at radius 1 is 1.14 bits per heavy atom. The van der Waals surface area contributed by atoms with Gasteiger partial charge in [-0.25, -0.2) is 4.98 Å². The summed E-state index contributed by atoms with van der Waals surface area (Å²) in [5.74, 6) is -0.663. The van der Waals surface area contributed by atoms with Crippen molar-refractivity contribution in [3.05, 3.63) is 99.4 Å². The maximum Gasteiger partial charge on any atom is 0.289 e. The Kier molecular flexibility index (Phi) is 8.17. The standard InChI is InChI=1S/C32H35Cl2N7O2/c1-19(2)41-14-11-20-15-25(36-16-21(20)18-41)30(42)38-32(12-6-8-23(28(32)34)22-7-4-5-9-24(22)33)39-31(43)29-37-26-17-35-13-10-27(26)40(29)3/h4-9,12,15-16,19,28,35H,10-11,13-14,17-18H2,1-3H3,(H,38,42)(H,39,43). The lowest BCUT2D eigenvalue weighted by molar-refractivity contribution is 0.0835. The number of alkyl halides is 1. The second kappa shape index (κ2) is 11.9. The predicted molar refractivity (Wildman–Crippen MR) is 168 cm³/mol. The van der Waals surface area contributed by atoms with Gasteiger partial charge in [-0.3, -0.25) is 19.5 Å². The molecule has 4 heterocycles. The Hall–Kier alpha value is -3.50. The van der Waals surface area contributed by atoms with E-state index in [4.69, 9.17) is 23.2 Å². The molecule has 11 heteroatoms. The minimum atomic E-state index is -1.50. The normalized spacial score (nSPS) is 21.6. The number of amides is 2. The van der Waals surface area contributed by atoms with Crippen LogP contribution in [0.15, 0.2) is 54.8 Å². The topological polar surface area (TPSA) is 104 Å². The van der Waals surface area contributed by atoms with E-state index in [2.05, 4.69) is 44.7 Å². The number of fused-ring (bicyclic) bond motifs is 2. The quantitative estimate of drug-likeness (QED) is 0.285. The number of allylic oxidation sites excluding steroid dienone is 2. The van der Waals surface area contributed by atoms with E-state index in [1.165, 1.54) is 0 Å². The summed E-state index contributed by atoms with van der Waals surface area (Å²) in [5.41, 5.74) is 4.18. The average Bonchev–Trinajstić information content (AvgIpc) is 3.35. The van der Waals surface area contributed by atoms with Gasteiger partial charge in [0.1, 0.15) is 11.1 Å². The highest BCUT2D eigenvalue weighted by Crippen LogP contribution is 2.37. The van der Waals surface area contributed by atoms with E-state index >= 15 is 0 Å². The first-order valence-electron chi connectivity index (χ1n) is 14.6. The van der Waals surface area contributed by atoms with Crippen LogP contribution >= 0.6 is 23.2 Å². The summed E-state index contributed by atoms with van der Waals surface area (Å²) < 4.78 is 1.81. The van der Waals surface area contributed by atoms with Gasteiger partial charge in [-0.15, -0.1) is 11.6 Å². The SMILES string of the molecule is CC(C)N1CCc2cc(C(=O)NC3(NC(=O)c4nc5c(n4C)CCNC5)C=CC=C(c4ccccc4Cl)C3Cl)ncc2C1. The molecule has 0 fully saturated rings. The van der Waals surface area contributed by atoms with Crippen LogP contribution in [-0.4, -0.2) is 61.4 Å². The van der Waals surface area contributed by atoms with Crippen molar-refractivity contribution in [1.29, 1.82) is 0 Å². The first kappa shape index (κ1) is 29.6. The molecule has 0 saturated heterocycles. The van der Waals surface area contributed by atoms with E-state index in [0.29, 0.717) is 28.7 Å². The van der Waals surface area contributed by atoms with E-state index in [-0.39, 0.29) is 11.5 Å². The van der Waals surface area contributed by atoms with Crippen molar-refractivity contribution in [3.8, 4) is 0 Å². The highest BCUT2D eigenvalue weighted by Gasteiger charge is 2.44. The van der Waals surface area contributed by atoms with Crippen LogP contribution in [0.25, 0.3) is 5.57 Å². The molecule has 224 valence electrons. The molecule has 2 aliphatic heterocycles. The van der Waals surface area contributed by atoms with Crippen molar-refractivity contribution >= 4 is 40.6 Å². The van der Waals surface area contributed by atoms with Gasteiger partial charge in [-0.05, 0) is 60.7 Å². The highest BCUT2D eigenvalue weighted by molar-refractivity contribution is 6.34. The maximum absolute atomic E-state index is 13.9. The number of carbonyl (C=O) groups excluding carboxylic acids is 2. The lowest BCUT2D eigenvalue weighted by atomic mass is 9.88. The maximum atomic E-state index is 13.9. The molecule has 1 aliphatic carbocycles. The predicted octanol–water partition coefficient (Wildman–Crippen LogP) is 4.00. The first-order valence-corrected chi connectivity index (χ1v) is 15.4. The molecule has 0 saturated carbocycles. The van der Waals surface area contributed by atoms with Gasteiger partial charge in [0.15, 0.2) is 11.5 Å². The zero-order valence-electron chi connectivity index (χ0n) is 24.5. The van der Waals surface area contributed by atoms with E-state index in [0.717, 1.165) is 55.0 Å². The van der Waals surface area contributed by atoms with Gasteiger partial charge in [0, 0.05) is 62.6 Å². The third-order valence-electron chi connectivity index (χ3n) is 8.55. The molecule has 9 nitrogen and oxygen atoms in total. The number of rotatable bonds is 6. The van der Waals surface area contributed by atoms with Crippen molar-refractivity contribution in [3.63, 3.8) is 0 Å². The molecule has 0 spiro atoms. The molecular weight excluding hydrogens is 585 g/mol. The fourth-order valence-corrected chi connectivity index (χ4v) is 6.68. The van der Waals surface area contributed by atoms with Crippen LogP contribution in [0.2, 0.25) is 5.02 Å². The fourth-order valence-electron chi connectivity index (χ4n) is 6.06.